The van der Waals surface area contributed by atoms with E-state index in [2.05, 4.69) is 0 Å². The Hall–Kier alpha value is -1.79. The molecule has 0 radical (unpaired) electrons. The van der Waals surface area contributed by atoms with Crippen molar-refractivity contribution in [1.82, 2.24) is 0 Å². The van der Waals surface area contributed by atoms with Gasteiger partial charge in [0, 0.05) is 5.57 Å². The van der Waals surface area contributed by atoms with Gasteiger partial charge < -0.3 is 10.2 Å². The van der Waals surface area contributed by atoms with Crippen LogP contribution in [0.3, 0.4) is 0 Å². The predicted molar refractivity (Wildman–Crippen MR) is 80.7 cm³/mol. The van der Waals surface area contributed by atoms with E-state index in [1.165, 1.54) is 0 Å². The molecule has 0 bridgehead atoms. The highest BCUT2D eigenvalue weighted by molar-refractivity contribution is 7.97. The monoisotopic (exact) mass is 289 g/mol. The standard InChI is InChI=1S/C15H17N2O2S/c16-10-14(11-17)15(13-4-2-1-3-5-13)12-20(8-6-18)9-7-19/h1-5,18-19H,6-9,12H2/q+1. The quantitative estimate of drug-likeness (QED) is 0.581. The van der Waals surface area contributed by atoms with Crippen molar-refractivity contribution in [3.05, 3.63) is 41.5 Å². The summed E-state index contributed by atoms with van der Waals surface area (Å²) < 4.78 is 0. The van der Waals surface area contributed by atoms with Crippen molar-refractivity contribution in [2.45, 2.75) is 0 Å². The lowest BCUT2D eigenvalue weighted by atomic mass is 10.0. The molecule has 0 saturated heterocycles. The average Bonchev–Trinajstić information content (AvgIpc) is 2.48. The SMILES string of the molecule is N#CC(C#N)=C(C[S+](CCO)CCO)c1ccccc1. The molecule has 0 saturated carbocycles. The van der Waals surface area contributed by atoms with Gasteiger partial charge in [0.15, 0.2) is 0 Å². The first-order chi connectivity index (χ1) is 9.76. The average molecular weight is 289 g/mol. The number of aliphatic hydroxyl groups excluding tert-OH is 2. The topological polar surface area (TPSA) is 88.0 Å². The van der Waals surface area contributed by atoms with Crippen molar-refractivity contribution in [3.63, 3.8) is 0 Å². The zero-order chi connectivity index (χ0) is 14.8. The summed E-state index contributed by atoms with van der Waals surface area (Å²) in [5.74, 6) is 1.67. The largest absolute Gasteiger partial charge is 0.391 e. The second kappa shape index (κ2) is 9.17. The predicted octanol–water partition coefficient (Wildman–Crippen LogP) is 1.09. The number of allylic oxidation sites excluding steroid dienone is 1. The maximum absolute atomic E-state index is 9.10. The molecule has 1 aromatic carbocycles. The summed E-state index contributed by atoms with van der Waals surface area (Å²) in [4.78, 5) is 0. The molecule has 4 nitrogen and oxygen atoms in total. The molecule has 5 heteroatoms. The molecule has 0 aliphatic heterocycles. The van der Waals surface area contributed by atoms with Gasteiger partial charge in [0.2, 0.25) is 0 Å². The Morgan fingerprint density at radius 3 is 2.00 bits per heavy atom. The molecule has 0 atom stereocenters. The van der Waals surface area contributed by atoms with E-state index in [-0.39, 0.29) is 29.7 Å². The second-order valence-corrected chi connectivity index (χ2v) is 6.39. The van der Waals surface area contributed by atoms with Crippen LogP contribution in [0.4, 0.5) is 0 Å². The van der Waals surface area contributed by atoms with E-state index in [1.54, 1.807) is 0 Å². The lowest BCUT2D eigenvalue weighted by molar-refractivity contribution is 0.317. The zero-order valence-corrected chi connectivity index (χ0v) is 11.9. The van der Waals surface area contributed by atoms with Crippen LogP contribution in [0.1, 0.15) is 5.56 Å². The van der Waals surface area contributed by atoms with Crippen LogP contribution < -0.4 is 0 Å². The van der Waals surface area contributed by atoms with Gasteiger partial charge in [-0.3, -0.25) is 0 Å². The number of benzene rings is 1. The van der Waals surface area contributed by atoms with Crippen LogP contribution in [-0.2, 0) is 10.9 Å². The van der Waals surface area contributed by atoms with Gasteiger partial charge >= 0.3 is 0 Å². The molecule has 0 aliphatic rings. The number of nitrogens with zero attached hydrogens (tertiary/aromatic N) is 2. The van der Waals surface area contributed by atoms with E-state index < -0.39 is 0 Å². The van der Waals surface area contributed by atoms with Crippen molar-refractivity contribution in [3.8, 4) is 12.1 Å². The summed E-state index contributed by atoms with van der Waals surface area (Å²) in [6, 6.07) is 13.2. The smallest absolute Gasteiger partial charge is 0.138 e. The van der Waals surface area contributed by atoms with Crippen molar-refractivity contribution in [2.75, 3.05) is 30.5 Å². The Morgan fingerprint density at radius 2 is 1.55 bits per heavy atom. The van der Waals surface area contributed by atoms with Gasteiger partial charge in [0.25, 0.3) is 0 Å². The van der Waals surface area contributed by atoms with Gasteiger partial charge in [-0.2, -0.15) is 10.5 Å². The first-order valence-corrected chi connectivity index (χ1v) is 7.94. The van der Waals surface area contributed by atoms with Gasteiger partial charge in [-0.05, 0) is 16.5 Å². The molecule has 0 unspecified atom stereocenters. The fourth-order valence-corrected chi connectivity index (χ4v) is 3.54. The van der Waals surface area contributed by atoms with E-state index in [0.717, 1.165) is 5.56 Å². The maximum atomic E-state index is 9.10. The number of rotatable bonds is 7. The molecule has 0 fully saturated rings. The first kappa shape index (κ1) is 16.3. The third kappa shape index (κ3) is 4.71. The molecule has 0 heterocycles. The van der Waals surface area contributed by atoms with Gasteiger partial charge in [-0.15, -0.1) is 0 Å². The Kier molecular flexibility index (Phi) is 7.46. The van der Waals surface area contributed by atoms with Gasteiger partial charge in [0.1, 0.15) is 35.0 Å². The van der Waals surface area contributed by atoms with Crippen LogP contribution in [0, 0.1) is 22.7 Å². The highest BCUT2D eigenvalue weighted by Gasteiger charge is 2.22. The molecule has 1 aromatic rings. The fourth-order valence-electron chi connectivity index (χ4n) is 1.81. The molecule has 20 heavy (non-hydrogen) atoms. The minimum Gasteiger partial charge on any atom is -0.391 e. The summed E-state index contributed by atoms with van der Waals surface area (Å²) in [6.45, 7) is 0.0826. The molecular weight excluding hydrogens is 272 g/mol. The van der Waals surface area contributed by atoms with E-state index in [4.69, 9.17) is 20.7 Å². The lowest BCUT2D eigenvalue weighted by Crippen LogP contribution is -2.22. The van der Waals surface area contributed by atoms with Crippen molar-refractivity contribution in [1.29, 1.82) is 10.5 Å². The highest BCUT2D eigenvalue weighted by atomic mass is 32.2. The van der Waals surface area contributed by atoms with Crippen LogP contribution in [0.25, 0.3) is 5.57 Å². The molecule has 2 N–H and O–H groups in total. The zero-order valence-electron chi connectivity index (χ0n) is 11.1. The molecule has 104 valence electrons. The van der Waals surface area contributed by atoms with Crippen molar-refractivity contribution >= 4 is 16.5 Å². The number of hydrogen-bond donors (Lipinski definition) is 2. The van der Waals surface area contributed by atoms with Gasteiger partial charge in [0.05, 0.1) is 13.2 Å². The van der Waals surface area contributed by atoms with Crippen LogP contribution in [-0.4, -0.2) is 40.7 Å². The number of aliphatic hydroxyl groups is 2. The summed E-state index contributed by atoms with van der Waals surface area (Å²) in [6.07, 6.45) is 0. The first-order valence-electron chi connectivity index (χ1n) is 6.21. The van der Waals surface area contributed by atoms with Crippen LogP contribution in [0.2, 0.25) is 0 Å². The molecule has 0 amide bonds. The summed E-state index contributed by atoms with van der Waals surface area (Å²) >= 11 is 0. The molecular formula is C15H17N2O2S+. The fraction of sp³-hybridized carbons (Fsp3) is 0.333. The molecule has 0 aliphatic carbocycles. The Morgan fingerprint density at radius 1 is 1.00 bits per heavy atom. The second-order valence-electron chi connectivity index (χ2n) is 4.06. The van der Waals surface area contributed by atoms with E-state index in [1.807, 2.05) is 42.5 Å². The van der Waals surface area contributed by atoms with E-state index in [0.29, 0.717) is 22.8 Å². The highest BCUT2D eigenvalue weighted by Crippen LogP contribution is 2.21. The van der Waals surface area contributed by atoms with Crippen LogP contribution in [0.15, 0.2) is 35.9 Å². The minimum atomic E-state index is -0.239. The number of hydrogen-bond acceptors (Lipinski definition) is 4. The summed E-state index contributed by atoms with van der Waals surface area (Å²) in [5, 5.41) is 36.4. The van der Waals surface area contributed by atoms with Crippen LogP contribution in [0.5, 0.6) is 0 Å². The van der Waals surface area contributed by atoms with E-state index >= 15 is 0 Å². The number of nitriles is 2. The van der Waals surface area contributed by atoms with Gasteiger partial charge in [-0.25, -0.2) is 0 Å². The summed E-state index contributed by atoms with van der Waals surface area (Å²) in [7, 11) is -0.239. The van der Waals surface area contributed by atoms with Gasteiger partial charge in [-0.1, -0.05) is 30.3 Å². The minimum absolute atomic E-state index is 0.0413. The summed E-state index contributed by atoms with van der Waals surface area (Å²) in [5.41, 5.74) is 1.64. The Labute approximate surface area is 121 Å². The molecule has 0 spiro atoms. The van der Waals surface area contributed by atoms with Crippen molar-refractivity contribution < 1.29 is 10.2 Å². The lowest BCUT2D eigenvalue weighted by Gasteiger charge is -2.10. The third-order valence-electron chi connectivity index (χ3n) is 2.76. The van der Waals surface area contributed by atoms with Crippen molar-refractivity contribution in [2.24, 2.45) is 0 Å². The maximum Gasteiger partial charge on any atom is 0.138 e. The molecule has 0 aromatic heterocycles. The third-order valence-corrected chi connectivity index (χ3v) is 4.97. The normalized spacial score (nSPS) is 9.85. The van der Waals surface area contributed by atoms with Crippen LogP contribution >= 0.6 is 0 Å². The van der Waals surface area contributed by atoms with E-state index in [9.17, 15) is 0 Å². The Balaban J connectivity index is 3.11. The molecule has 1 rings (SSSR count). The Bertz CT molecular complexity index is 507.